The third-order valence-electron chi connectivity index (χ3n) is 1.95. The molecule has 0 unspecified atom stereocenters. The van der Waals surface area contributed by atoms with E-state index in [0.717, 1.165) is 0 Å². The fourth-order valence-electron chi connectivity index (χ4n) is 1.10. The molecule has 14 heavy (non-hydrogen) atoms. The van der Waals surface area contributed by atoms with Gasteiger partial charge in [-0.3, -0.25) is 0 Å². The molecule has 0 atom stereocenters. The summed E-state index contributed by atoms with van der Waals surface area (Å²) in [5.41, 5.74) is 5.50. The quantitative estimate of drug-likeness (QED) is 0.828. The molecule has 0 amide bonds. The van der Waals surface area contributed by atoms with E-state index >= 15 is 0 Å². The summed E-state index contributed by atoms with van der Waals surface area (Å²) < 4.78 is 24.0. The van der Waals surface area contributed by atoms with E-state index in [1.165, 1.54) is 12.1 Å². The van der Waals surface area contributed by atoms with Gasteiger partial charge < -0.3 is 15.2 Å². The first-order valence-electron chi connectivity index (χ1n) is 4.16. The molecular formula is C9H9BrFNO2. The molecular weight excluding hydrogens is 253 g/mol. The van der Waals surface area contributed by atoms with Crippen LogP contribution < -0.4 is 10.5 Å². The second kappa shape index (κ2) is 3.74. The maximum absolute atomic E-state index is 13.0. The molecule has 2 rings (SSSR count). The van der Waals surface area contributed by atoms with Crippen LogP contribution in [0.4, 0.5) is 10.1 Å². The number of rotatable bonds is 2. The largest absolute Gasteiger partial charge is 0.484 e. The standard InChI is InChI=1S/C9H9BrFNO2/c10-6-1-7(11)8(12)2-9(6)14-5-3-13-4-5/h1-2,5H,3-4,12H2. The highest BCUT2D eigenvalue weighted by atomic mass is 79.9. The maximum atomic E-state index is 13.0. The molecule has 3 nitrogen and oxygen atoms in total. The van der Waals surface area contributed by atoms with Crippen molar-refractivity contribution in [2.24, 2.45) is 0 Å². The summed E-state index contributed by atoms with van der Waals surface area (Å²) in [6.45, 7) is 1.15. The third kappa shape index (κ3) is 1.83. The summed E-state index contributed by atoms with van der Waals surface area (Å²) >= 11 is 3.20. The first-order chi connectivity index (χ1) is 6.66. The number of hydrogen-bond donors (Lipinski definition) is 1. The van der Waals surface area contributed by atoms with Gasteiger partial charge in [0, 0.05) is 6.07 Å². The van der Waals surface area contributed by atoms with Crippen LogP contribution in [0.2, 0.25) is 0 Å². The molecule has 76 valence electrons. The Labute approximate surface area is 89.1 Å². The number of ether oxygens (including phenoxy) is 2. The minimum atomic E-state index is -0.450. The van der Waals surface area contributed by atoms with E-state index in [1.807, 2.05) is 0 Å². The van der Waals surface area contributed by atoms with E-state index in [0.29, 0.717) is 23.4 Å². The first kappa shape index (κ1) is 9.73. The highest BCUT2D eigenvalue weighted by Gasteiger charge is 2.21. The molecule has 1 fully saturated rings. The second-order valence-electron chi connectivity index (χ2n) is 3.08. The van der Waals surface area contributed by atoms with Gasteiger partial charge in [-0.1, -0.05) is 0 Å². The fraction of sp³-hybridized carbons (Fsp3) is 0.333. The zero-order valence-corrected chi connectivity index (χ0v) is 8.88. The number of hydrogen-bond acceptors (Lipinski definition) is 3. The Balaban J connectivity index is 2.19. The predicted octanol–water partition coefficient (Wildman–Crippen LogP) is 1.95. The van der Waals surface area contributed by atoms with E-state index < -0.39 is 5.82 Å². The van der Waals surface area contributed by atoms with Gasteiger partial charge in [-0.15, -0.1) is 0 Å². The third-order valence-corrected chi connectivity index (χ3v) is 2.57. The van der Waals surface area contributed by atoms with Crippen LogP contribution in [-0.4, -0.2) is 19.3 Å². The Kier molecular flexibility index (Phi) is 2.60. The zero-order chi connectivity index (χ0) is 10.1. The van der Waals surface area contributed by atoms with E-state index in [9.17, 15) is 4.39 Å². The van der Waals surface area contributed by atoms with Crippen molar-refractivity contribution in [3.8, 4) is 5.75 Å². The van der Waals surface area contributed by atoms with Gasteiger partial charge in [-0.25, -0.2) is 4.39 Å². The number of nitrogens with two attached hydrogens (primary N) is 1. The summed E-state index contributed by atoms with van der Waals surface area (Å²) in [4.78, 5) is 0. The molecule has 1 heterocycles. The number of halogens is 2. The van der Waals surface area contributed by atoms with Gasteiger partial charge in [0.1, 0.15) is 17.7 Å². The highest BCUT2D eigenvalue weighted by Crippen LogP contribution is 2.30. The lowest BCUT2D eigenvalue weighted by Gasteiger charge is -2.27. The fourth-order valence-corrected chi connectivity index (χ4v) is 1.51. The van der Waals surface area contributed by atoms with Crippen LogP contribution in [0.25, 0.3) is 0 Å². The van der Waals surface area contributed by atoms with Gasteiger partial charge >= 0.3 is 0 Å². The summed E-state index contributed by atoms with van der Waals surface area (Å²) in [6.07, 6.45) is 0.0520. The van der Waals surface area contributed by atoms with Gasteiger partial charge in [0.15, 0.2) is 0 Å². The molecule has 0 spiro atoms. The molecule has 0 bridgehead atoms. The van der Waals surface area contributed by atoms with Crippen LogP contribution in [0.1, 0.15) is 0 Å². The van der Waals surface area contributed by atoms with Gasteiger partial charge in [0.05, 0.1) is 23.4 Å². The van der Waals surface area contributed by atoms with Crippen molar-refractivity contribution < 1.29 is 13.9 Å². The van der Waals surface area contributed by atoms with Crippen LogP contribution in [0.5, 0.6) is 5.75 Å². The Morgan fingerprint density at radius 2 is 2.21 bits per heavy atom. The minimum Gasteiger partial charge on any atom is -0.484 e. The SMILES string of the molecule is Nc1cc(OC2COC2)c(Br)cc1F. The molecule has 0 aromatic heterocycles. The average molecular weight is 262 g/mol. The molecule has 0 aliphatic carbocycles. The Bertz CT molecular complexity index is 355. The molecule has 2 N–H and O–H groups in total. The van der Waals surface area contributed by atoms with Crippen LogP contribution in [-0.2, 0) is 4.74 Å². The van der Waals surface area contributed by atoms with E-state index in [1.54, 1.807) is 0 Å². The van der Waals surface area contributed by atoms with Gasteiger partial charge in [-0.2, -0.15) is 0 Å². The molecule has 1 saturated heterocycles. The molecule has 1 aliphatic heterocycles. The summed E-state index contributed by atoms with van der Waals surface area (Å²) in [7, 11) is 0. The van der Waals surface area contributed by atoms with Crippen molar-refractivity contribution in [3.63, 3.8) is 0 Å². The lowest BCUT2D eigenvalue weighted by molar-refractivity contribution is -0.0799. The Morgan fingerprint density at radius 3 is 2.79 bits per heavy atom. The van der Waals surface area contributed by atoms with Crippen LogP contribution in [0, 0.1) is 5.82 Å². The average Bonchev–Trinajstić information content (AvgIpc) is 2.06. The lowest BCUT2D eigenvalue weighted by atomic mass is 10.2. The topological polar surface area (TPSA) is 44.5 Å². The van der Waals surface area contributed by atoms with Gasteiger partial charge in [0.25, 0.3) is 0 Å². The van der Waals surface area contributed by atoms with Crippen molar-refractivity contribution in [1.29, 1.82) is 0 Å². The number of anilines is 1. The van der Waals surface area contributed by atoms with Gasteiger partial charge in [-0.05, 0) is 22.0 Å². The van der Waals surface area contributed by atoms with E-state index in [4.69, 9.17) is 15.2 Å². The minimum absolute atomic E-state index is 0.0520. The molecule has 1 aromatic carbocycles. The number of nitrogen functional groups attached to an aromatic ring is 1. The van der Waals surface area contributed by atoms with Crippen molar-refractivity contribution in [2.75, 3.05) is 18.9 Å². The van der Waals surface area contributed by atoms with Crippen molar-refractivity contribution in [1.82, 2.24) is 0 Å². The monoisotopic (exact) mass is 261 g/mol. The Hall–Kier alpha value is -0.810. The van der Waals surface area contributed by atoms with Crippen LogP contribution in [0.3, 0.4) is 0 Å². The molecule has 0 radical (unpaired) electrons. The highest BCUT2D eigenvalue weighted by molar-refractivity contribution is 9.10. The summed E-state index contributed by atoms with van der Waals surface area (Å²) in [5, 5.41) is 0. The second-order valence-corrected chi connectivity index (χ2v) is 3.94. The summed E-state index contributed by atoms with van der Waals surface area (Å²) in [6, 6.07) is 2.77. The molecule has 1 aliphatic rings. The number of benzene rings is 1. The molecule has 0 saturated carbocycles. The maximum Gasteiger partial charge on any atom is 0.147 e. The van der Waals surface area contributed by atoms with Crippen molar-refractivity contribution in [2.45, 2.75) is 6.10 Å². The normalized spacial score (nSPS) is 16.4. The molecule has 1 aromatic rings. The van der Waals surface area contributed by atoms with Gasteiger partial charge in [0.2, 0.25) is 0 Å². The van der Waals surface area contributed by atoms with Crippen LogP contribution in [0.15, 0.2) is 16.6 Å². The van der Waals surface area contributed by atoms with E-state index in [2.05, 4.69) is 15.9 Å². The summed E-state index contributed by atoms with van der Waals surface area (Å²) in [5.74, 6) is 0.103. The van der Waals surface area contributed by atoms with Crippen molar-refractivity contribution >= 4 is 21.6 Å². The van der Waals surface area contributed by atoms with E-state index in [-0.39, 0.29) is 11.8 Å². The first-order valence-corrected chi connectivity index (χ1v) is 4.95. The molecule has 5 heteroatoms. The zero-order valence-electron chi connectivity index (χ0n) is 7.30. The predicted molar refractivity (Wildman–Crippen MR) is 53.7 cm³/mol. The van der Waals surface area contributed by atoms with Crippen LogP contribution >= 0.6 is 15.9 Å². The van der Waals surface area contributed by atoms with Crippen molar-refractivity contribution in [3.05, 3.63) is 22.4 Å². The Morgan fingerprint density at radius 1 is 1.50 bits per heavy atom. The smallest absolute Gasteiger partial charge is 0.147 e. The lowest BCUT2D eigenvalue weighted by Crippen LogP contribution is -2.38.